The Labute approximate surface area is 147 Å². The molecule has 3 rings (SSSR count). The monoisotopic (exact) mass is 392 g/mol. The zero-order chi connectivity index (χ0) is 17.4. The SMILES string of the molecule is Cc1c(Br)cccc1NC(=O)c1nc2c(n1C)CCN(C(=O)O)C2. The third-order valence-electron chi connectivity index (χ3n) is 4.25. The molecular formula is C16H17BrN4O3. The molecule has 0 saturated carbocycles. The highest BCUT2D eigenvalue weighted by Gasteiger charge is 2.27. The fourth-order valence-corrected chi connectivity index (χ4v) is 3.18. The number of carboxylic acid groups (broad SMARTS) is 1. The molecule has 0 saturated heterocycles. The van der Waals surface area contributed by atoms with Gasteiger partial charge in [-0.2, -0.15) is 0 Å². The van der Waals surface area contributed by atoms with Crippen LogP contribution in [0.3, 0.4) is 0 Å². The van der Waals surface area contributed by atoms with Crippen molar-refractivity contribution in [1.29, 1.82) is 0 Å². The first-order chi connectivity index (χ1) is 11.4. The van der Waals surface area contributed by atoms with Crippen LogP contribution in [0.4, 0.5) is 10.5 Å². The fraction of sp³-hybridized carbons (Fsp3) is 0.312. The van der Waals surface area contributed by atoms with E-state index >= 15 is 0 Å². The summed E-state index contributed by atoms with van der Waals surface area (Å²) >= 11 is 3.44. The lowest BCUT2D eigenvalue weighted by Gasteiger charge is -2.23. The molecule has 0 spiro atoms. The van der Waals surface area contributed by atoms with Gasteiger partial charge < -0.3 is 19.9 Å². The van der Waals surface area contributed by atoms with Gasteiger partial charge in [-0.3, -0.25) is 4.79 Å². The van der Waals surface area contributed by atoms with Crippen LogP contribution in [0, 0.1) is 6.92 Å². The number of halogens is 1. The molecule has 2 heterocycles. The maximum Gasteiger partial charge on any atom is 0.407 e. The van der Waals surface area contributed by atoms with E-state index in [1.807, 2.05) is 25.1 Å². The third-order valence-corrected chi connectivity index (χ3v) is 5.10. The van der Waals surface area contributed by atoms with Gasteiger partial charge in [-0.15, -0.1) is 0 Å². The number of nitrogens with zero attached hydrogens (tertiary/aromatic N) is 3. The Kier molecular flexibility index (Phi) is 4.31. The molecule has 0 bridgehead atoms. The Morgan fingerprint density at radius 1 is 1.38 bits per heavy atom. The molecule has 0 fully saturated rings. The van der Waals surface area contributed by atoms with E-state index in [1.165, 1.54) is 4.90 Å². The highest BCUT2D eigenvalue weighted by atomic mass is 79.9. The smallest absolute Gasteiger partial charge is 0.407 e. The average Bonchev–Trinajstić information content (AvgIpc) is 2.88. The second kappa shape index (κ2) is 6.27. The zero-order valence-electron chi connectivity index (χ0n) is 13.3. The number of imidazole rings is 1. The van der Waals surface area contributed by atoms with Crippen molar-refractivity contribution in [2.24, 2.45) is 7.05 Å². The molecular weight excluding hydrogens is 376 g/mol. The standard InChI is InChI=1S/C16H17BrN4O3/c1-9-10(17)4-3-5-11(9)19-15(22)14-18-12-8-21(16(23)24)7-6-13(12)20(14)2/h3-5H,6-8H2,1-2H3,(H,19,22)(H,23,24). The molecule has 0 unspecified atom stereocenters. The van der Waals surface area contributed by atoms with E-state index in [4.69, 9.17) is 5.11 Å². The summed E-state index contributed by atoms with van der Waals surface area (Å²) in [6.07, 6.45) is -0.420. The fourth-order valence-electron chi connectivity index (χ4n) is 2.82. The van der Waals surface area contributed by atoms with Crippen LogP contribution in [-0.4, -0.2) is 38.1 Å². The van der Waals surface area contributed by atoms with Crippen LogP contribution in [-0.2, 0) is 20.0 Å². The molecule has 2 aromatic rings. The van der Waals surface area contributed by atoms with Gasteiger partial charge in [-0.05, 0) is 24.6 Å². The Bertz CT molecular complexity index is 831. The Morgan fingerprint density at radius 2 is 2.12 bits per heavy atom. The number of rotatable bonds is 2. The number of carbonyl (C=O) groups is 2. The number of fused-ring (bicyclic) bond motifs is 1. The summed E-state index contributed by atoms with van der Waals surface area (Å²) in [5.74, 6) is -0.0263. The molecule has 1 aromatic heterocycles. The minimum Gasteiger partial charge on any atom is -0.465 e. The molecule has 0 radical (unpaired) electrons. The van der Waals surface area contributed by atoms with E-state index < -0.39 is 6.09 Å². The minimum absolute atomic E-state index is 0.210. The lowest BCUT2D eigenvalue weighted by molar-refractivity contribution is 0.101. The van der Waals surface area contributed by atoms with Crippen molar-refractivity contribution in [3.05, 3.63) is 45.4 Å². The second-order valence-corrected chi connectivity index (χ2v) is 6.56. The molecule has 0 atom stereocenters. The van der Waals surface area contributed by atoms with Crippen LogP contribution in [0.15, 0.2) is 22.7 Å². The molecule has 24 heavy (non-hydrogen) atoms. The van der Waals surface area contributed by atoms with Gasteiger partial charge in [-0.25, -0.2) is 9.78 Å². The summed E-state index contributed by atoms with van der Waals surface area (Å²) in [5, 5.41) is 12.0. The summed E-state index contributed by atoms with van der Waals surface area (Å²) in [6, 6.07) is 5.58. The largest absolute Gasteiger partial charge is 0.465 e. The Hall–Kier alpha value is -2.35. The number of aromatic nitrogens is 2. The average molecular weight is 393 g/mol. The van der Waals surface area contributed by atoms with Crippen LogP contribution in [0.1, 0.15) is 27.6 Å². The molecule has 1 aliphatic rings. The van der Waals surface area contributed by atoms with Crippen LogP contribution >= 0.6 is 15.9 Å². The van der Waals surface area contributed by atoms with Gasteiger partial charge in [0.25, 0.3) is 5.91 Å². The first-order valence-electron chi connectivity index (χ1n) is 7.47. The lowest BCUT2D eigenvalue weighted by Crippen LogP contribution is -2.35. The van der Waals surface area contributed by atoms with Gasteiger partial charge in [0.2, 0.25) is 0 Å². The van der Waals surface area contributed by atoms with Gasteiger partial charge in [0, 0.05) is 35.9 Å². The summed E-state index contributed by atoms with van der Waals surface area (Å²) in [7, 11) is 1.78. The summed E-state index contributed by atoms with van der Waals surface area (Å²) in [5.41, 5.74) is 3.19. The van der Waals surface area contributed by atoms with Crippen molar-refractivity contribution in [3.8, 4) is 0 Å². The minimum atomic E-state index is -0.970. The summed E-state index contributed by atoms with van der Waals surface area (Å²) in [4.78, 5) is 29.4. The van der Waals surface area contributed by atoms with Crippen molar-refractivity contribution < 1.29 is 14.7 Å². The molecule has 126 valence electrons. The van der Waals surface area contributed by atoms with E-state index in [-0.39, 0.29) is 18.3 Å². The predicted molar refractivity (Wildman–Crippen MR) is 92.2 cm³/mol. The predicted octanol–water partition coefficient (Wildman–Crippen LogP) is 2.78. The van der Waals surface area contributed by atoms with Crippen LogP contribution in [0.2, 0.25) is 0 Å². The van der Waals surface area contributed by atoms with Crippen molar-refractivity contribution in [1.82, 2.24) is 14.5 Å². The van der Waals surface area contributed by atoms with Crippen LogP contribution in [0.25, 0.3) is 0 Å². The molecule has 1 aliphatic heterocycles. The number of hydrogen-bond donors (Lipinski definition) is 2. The number of carbonyl (C=O) groups excluding carboxylic acids is 1. The maximum atomic E-state index is 12.6. The summed E-state index contributed by atoms with van der Waals surface area (Å²) < 4.78 is 2.66. The normalized spacial score (nSPS) is 13.5. The number of amides is 2. The number of anilines is 1. The molecule has 2 N–H and O–H groups in total. The Morgan fingerprint density at radius 3 is 2.83 bits per heavy atom. The quantitative estimate of drug-likeness (QED) is 0.822. The molecule has 1 aromatic carbocycles. The first-order valence-corrected chi connectivity index (χ1v) is 8.26. The molecule has 7 nitrogen and oxygen atoms in total. The lowest BCUT2D eigenvalue weighted by atomic mass is 10.1. The van der Waals surface area contributed by atoms with Gasteiger partial charge >= 0.3 is 6.09 Å². The van der Waals surface area contributed by atoms with Crippen molar-refractivity contribution in [2.45, 2.75) is 19.9 Å². The Balaban J connectivity index is 1.87. The van der Waals surface area contributed by atoms with Gasteiger partial charge in [0.1, 0.15) is 0 Å². The topological polar surface area (TPSA) is 87.5 Å². The number of benzene rings is 1. The highest BCUT2D eigenvalue weighted by Crippen LogP contribution is 2.25. The number of hydrogen-bond acceptors (Lipinski definition) is 3. The van der Waals surface area contributed by atoms with E-state index in [0.29, 0.717) is 24.3 Å². The van der Waals surface area contributed by atoms with Crippen molar-refractivity contribution >= 4 is 33.6 Å². The zero-order valence-corrected chi connectivity index (χ0v) is 14.9. The highest BCUT2D eigenvalue weighted by molar-refractivity contribution is 9.10. The molecule has 2 amide bonds. The second-order valence-electron chi connectivity index (χ2n) is 5.71. The van der Waals surface area contributed by atoms with Crippen LogP contribution in [0.5, 0.6) is 0 Å². The van der Waals surface area contributed by atoms with E-state index in [9.17, 15) is 9.59 Å². The molecule has 0 aliphatic carbocycles. The summed E-state index contributed by atoms with van der Waals surface area (Å²) in [6.45, 7) is 2.53. The third kappa shape index (κ3) is 2.89. The van der Waals surface area contributed by atoms with E-state index in [2.05, 4.69) is 26.2 Å². The van der Waals surface area contributed by atoms with Crippen molar-refractivity contribution in [3.63, 3.8) is 0 Å². The van der Waals surface area contributed by atoms with E-state index in [0.717, 1.165) is 15.7 Å². The van der Waals surface area contributed by atoms with Gasteiger partial charge in [0.15, 0.2) is 5.82 Å². The van der Waals surface area contributed by atoms with Gasteiger partial charge in [-0.1, -0.05) is 22.0 Å². The maximum absolute atomic E-state index is 12.6. The molecule has 8 heteroatoms. The van der Waals surface area contributed by atoms with Crippen molar-refractivity contribution in [2.75, 3.05) is 11.9 Å². The van der Waals surface area contributed by atoms with Crippen LogP contribution < -0.4 is 5.32 Å². The van der Waals surface area contributed by atoms with E-state index in [1.54, 1.807) is 11.6 Å². The van der Waals surface area contributed by atoms with Gasteiger partial charge in [0.05, 0.1) is 12.2 Å². The first kappa shape index (κ1) is 16.5. The number of nitrogens with one attached hydrogen (secondary N) is 1.